The summed E-state index contributed by atoms with van der Waals surface area (Å²) < 4.78 is 11.1. The first-order valence-electron chi connectivity index (χ1n) is 9.10. The lowest BCUT2D eigenvalue weighted by Crippen LogP contribution is -2.29. The molecule has 2 rings (SSSR count). The molecule has 0 saturated carbocycles. The molecule has 0 aliphatic heterocycles. The van der Waals surface area contributed by atoms with E-state index in [4.69, 9.17) is 21.7 Å². The van der Waals surface area contributed by atoms with E-state index in [0.717, 1.165) is 36.6 Å². The van der Waals surface area contributed by atoms with Crippen LogP contribution in [0.4, 0.5) is 5.69 Å². The van der Waals surface area contributed by atoms with Crippen molar-refractivity contribution in [2.75, 3.05) is 18.5 Å². The van der Waals surface area contributed by atoms with Gasteiger partial charge < -0.3 is 20.1 Å². The molecule has 0 aliphatic carbocycles. The van der Waals surface area contributed by atoms with Crippen LogP contribution >= 0.6 is 12.2 Å². The smallest absolute Gasteiger partial charge is 0.170 e. The van der Waals surface area contributed by atoms with Crippen LogP contribution in [0.2, 0.25) is 0 Å². The van der Waals surface area contributed by atoms with E-state index in [1.807, 2.05) is 57.2 Å². The first kappa shape index (κ1) is 20.0. The maximum absolute atomic E-state index is 5.66. The van der Waals surface area contributed by atoms with Gasteiger partial charge in [0.05, 0.1) is 12.7 Å². The van der Waals surface area contributed by atoms with Crippen molar-refractivity contribution in [1.82, 2.24) is 5.32 Å². The molecule has 2 N–H and O–H groups in total. The van der Waals surface area contributed by atoms with E-state index in [1.165, 1.54) is 5.56 Å². The van der Waals surface area contributed by atoms with Gasteiger partial charge in [0.1, 0.15) is 11.5 Å². The normalized spacial score (nSPS) is 10.5. The van der Waals surface area contributed by atoms with Gasteiger partial charge in [-0.1, -0.05) is 12.1 Å². The second-order valence-corrected chi connectivity index (χ2v) is 6.66. The fourth-order valence-electron chi connectivity index (χ4n) is 2.48. The van der Waals surface area contributed by atoms with Gasteiger partial charge in [0.2, 0.25) is 0 Å². The van der Waals surface area contributed by atoms with Crippen LogP contribution in [-0.2, 0) is 6.42 Å². The van der Waals surface area contributed by atoms with Gasteiger partial charge in [-0.3, -0.25) is 0 Å². The van der Waals surface area contributed by atoms with E-state index < -0.39 is 0 Å². The molecule has 0 fully saturated rings. The first-order valence-corrected chi connectivity index (χ1v) is 9.51. The minimum atomic E-state index is 0.203. The van der Waals surface area contributed by atoms with Gasteiger partial charge in [-0.05, 0) is 87.8 Å². The largest absolute Gasteiger partial charge is 0.494 e. The Morgan fingerprint density at radius 1 is 1.00 bits per heavy atom. The number of anilines is 1. The van der Waals surface area contributed by atoms with Crippen LogP contribution in [0.25, 0.3) is 0 Å². The molecule has 0 saturated heterocycles. The van der Waals surface area contributed by atoms with Crippen LogP contribution in [0.1, 0.15) is 32.8 Å². The van der Waals surface area contributed by atoms with Gasteiger partial charge in [-0.2, -0.15) is 0 Å². The van der Waals surface area contributed by atoms with E-state index >= 15 is 0 Å². The third-order valence-corrected chi connectivity index (χ3v) is 3.89. The predicted octanol–water partition coefficient (Wildman–Crippen LogP) is 4.79. The molecule has 0 amide bonds. The third-order valence-electron chi connectivity index (χ3n) is 3.65. The van der Waals surface area contributed by atoms with Crippen LogP contribution in [0.3, 0.4) is 0 Å². The second kappa shape index (κ2) is 10.7. The molecule has 26 heavy (non-hydrogen) atoms. The van der Waals surface area contributed by atoms with Crippen molar-refractivity contribution in [3.8, 4) is 11.5 Å². The van der Waals surface area contributed by atoms with Gasteiger partial charge in [-0.15, -0.1) is 0 Å². The predicted molar refractivity (Wildman–Crippen MR) is 112 cm³/mol. The van der Waals surface area contributed by atoms with Crippen molar-refractivity contribution < 1.29 is 9.47 Å². The number of hydrogen-bond acceptors (Lipinski definition) is 3. The Labute approximate surface area is 161 Å². The first-order chi connectivity index (χ1) is 12.6. The molecule has 4 nitrogen and oxygen atoms in total. The Morgan fingerprint density at radius 2 is 1.65 bits per heavy atom. The fourth-order valence-corrected chi connectivity index (χ4v) is 2.70. The van der Waals surface area contributed by atoms with Gasteiger partial charge in [0.15, 0.2) is 5.11 Å². The average Bonchev–Trinajstić information content (AvgIpc) is 2.61. The fraction of sp³-hybridized carbons (Fsp3) is 0.381. The zero-order chi connectivity index (χ0) is 18.8. The molecular formula is C21H28N2O2S. The Balaban J connectivity index is 1.66. The number of thiocarbonyl (C=S) groups is 1. The summed E-state index contributed by atoms with van der Waals surface area (Å²) in [4.78, 5) is 0. The Kier molecular flexibility index (Phi) is 8.22. The molecule has 0 aromatic heterocycles. The standard InChI is InChI=1S/C21H28N2O2S/c1-4-24-19-13-9-18(10-14-19)23-21(26)22-15-5-6-17-7-11-20(12-8-17)25-16(2)3/h7-14,16H,4-6,15H2,1-3H3,(H2,22,23,26). The van der Waals surface area contributed by atoms with Gasteiger partial charge in [0, 0.05) is 12.2 Å². The Bertz CT molecular complexity index is 669. The number of rotatable bonds is 9. The molecule has 2 aromatic carbocycles. The highest BCUT2D eigenvalue weighted by Gasteiger charge is 2.00. The summed E-state index contributed by atoms with van der Waals surface area (Å²) in [6.07, 6.45) is 2.21. The summed E-state index contributed by atoms with van der Waals surface area (Å²) in [5.74, 6) is 1.78. The average molecular weight is 373 g/mol. The van der Waals surface area contributed by atoms with Gasteiger partial charge >= 0.3 is 0 Å². The highest BCUT2D eigenvalue weighted by molar-refractivity contribution is 7.80. The zero-order valence-corrected chi connectivity index (χ0v) is 16.6. The minimum Gasteiger partial charge on any atom is -0.494 e. The maximum atomic E-state index is 5.66. The van der Waals surface area contributed by atoms with Crippen molar-refractivity contribution in [1.29, 1.82) is 0 Å². The minimum absolute atomic E-state index is 0.203. The second-order valence-electron chi connectivity index (χ2n) is 6.25. The number of aryl methyl sites for hydroxylation is 1. The lowest BCUT2D eigenvalue weighted by molar-refractivity contribution is 0.242. The molecule has 0 bridgehead atoms. The topological polar surface area (TPSA) is 42.5 Å². The molecule has 140 valence electrons. The van der Waals surface area contributed by atoms with Crippen molar-refractivity contribution in [3.63, 3.8) is 0 Å². The molecule has 0 radical (unpaired) electrons. The number of nitrogens with one attached hydrogen (secondary N) is 2. The summed E-state index contributed by atoms with van der Waals surface area (Å²) in [6.45, 7) is 7.53. The van der Waals surface area contributed by atoms with E-state index in [0.29, 0.717) is 11.7 Å². The van der Waals surface area contributed by atoms with Crippen LogP contribution in [0, 0.1) is 0 Å². The molecule has 0 spiro atoms. The molecule has 0 atom stereocenters. The number of hydrogen-bond donors (Lipinski definition) is 2. The lowest BCUT2D eigenvalue weighted by Gasteiger charge is -2.12. The van der Waals surface area contributed by atoms with Crippen LogP contribution < -0.4 is 20.1 Å². The van der Waals surface area contributed by atoms with Crippen molar-refractivity contribution in [2.45, 2.75) is 39.7 Å². The molecule has 2 aromatic rings. The lowest BCUT2D eigenvalue weighted by atomic mass is 10.1. The van der Waals surface area contributed by atoms with Crippen molar-refractivity contribution in [3.05, 3.63) is 54.1 Å². The molecule has 0 unspecified atom stereocenters. The highest BCUT2D eigenvalue weighted by atomic mass is 32.1. The van der Waals surface area contributed by atoms with Crippen molar-refractivity contribution >= 4 is 23.0 Å². The quantitative estimate of drug-likeness (QED) is 0.489. The van der Waals surface area contributed by atoms with Crippen molar-refractivity contribution in [2.24, 2.45) is 0 Å². The van der Waals surface area contributed by atoms with E-state index in [-0.39, 0.29) is 6.10 Å². The maximum Gasteiger partial charge on any atom is 0.170 e. The summed E-state index contributed by atoms with van der Waals surface area (Å²) in [5.41, 5.74) is 2.25. The Hall–Kier alpha value is -2.27. The molecule has 0 heterocycles. The zero-order valence-electron chi connectivity index (χ0n) is 15.7. The molecule has 5 heteroatoms. The number of benzene rings is 2. The molecule has 0 aliphatic rings. The summed E-state index contributed by atoms with van der Waals surface area (Å²) in [6, 6.07) is 16.1. The van der Waals surface area contributed by atoms with E-state index in [2.05, 4.69) is 22.8 Å². The highest BCUT2D eigenvalue weighted by Crippen LogP contribution is 2.16. The van der Waals surface area contributed by atoms with Crippen LogP contribution in [-0.4, -0.2) is 24.4 Å². The van der Waals surface area contributed by atoms with Crippen LogP contribution in [0.5, 0.6) is 11.5 Å². The number of ether oxygens (including phenoxy) is 2. The SMILES string of the molecule is CCOc1ccc(NC(=S)NCCCc2ccc(OC(C)C)cc2)cc1. The Morgan fingerprint density at radius 3 is 2.27 bits per heavy atom. The van der Waals surface area contributed by atoms with Gasteiger partial charge in [0.25, 0.3) is 0 Å². The third kappa shape index (κ3) is 7.31. The monoisotopic (exact) mass is 372 g/mol. The van der Waals surface area contributed by atoms with Gasteiger partial charge in [-0.25, -0.2) is 0 Å². The summed E-state index contributed by atoms with van der Waals surface area (Å²) >= 11 is 5.34. The van der Waals surface area contributed by atoms with E-state index in [9.17, 15) is 0 Å². The van der Waals surface area contributed by atoms with Crippen LogP contribution in [0.15, 0.2) is 48.5 Å². The van der Waals surface area contributed by atoms with E-state index in [1.54, 1.807) is 0 Å². The summed E-state index contributed by atoms with van der Waals surface area (Å²) in [7, 11) is 0. The molecular weight excluding hydrogens is 344 g/mol. The summed E-state index contributed by atoms with van der Waals surface area (Å²) in [5, 5.41) is 7.06.